The third kappa shape index (κ3) is 6.62. The highest BCUT2D eigenvalue weighted by Gasteiger charge is 2.29. The Morgan fingerprint density at radius 1 is 1.03 bits per heavy atom. The molecule has 6 nitrogen and oxygen atoms in total. The average molecular weight is 431 g/mol. The van der Waals surface area contributed by atoms with Gasteiger partial charge >= 0.3 is 0 Å². The lowest BCUT2D eigenvalue weighted by atomic mass is 9.94. The van der Waals surface area contributed by atoms with E-state index in [1.54, 1.807) is 0 Å². The van der Waals surface area contributed by atoms with Crippen LogP contribution in [0.1, 0.15) is 65.4 Å². The standard InChI is InChI=1S/C23H34N4O2S/c1-6-9-10-17(8-3)20(28)24-19(16(5)7-2)21(29)25-23-27-26-22(30-23)18-13-11-15(4)12-14-18/h11-14,16-17,19H,6-10H2,1-5H3,(H,24,28)(H,25,27,29)/t16-,17-,19+/m0/s1. The molecule has 0 bridgehead atoms. The van der Waals surface area contributed by atoms with E-state index in [4.69, 9.17) is 0 Å². The number of hydrogen-bond donors (Lipinski definition) is 2. The van der Waals surface area contributed by atoms with Crippen molar-refractivity contribution in [1.29, 1.82) is 0 Å². The van der Waals surface area contributed by atoms with Gasteiger partial charge in [-0.15, -0.1) is 10.2 Å². The number of hydrogen-bond acceptors (Lipinski definition) is 5. The van der Waals surface area contributed by atoms with Crippen LogP contribution in [0.2, 0.25) is 0 Å². The summed E-state index contributed by atoms with van der Waals surface area (Å²) in [5, 5.41) is 15.4. The van der Waals surface area contributed by atoms with Crippen LogP contribution in [-0.2, 0) is 9.59 Å². The molecule has 2 amide bonds. The summed E-state index contributed by atoms with van der Waals surface area (Å²) in [6.07, 6.45) is 4.48. The molecule has 1 heterocycles. The number of rotatable bonds is 11. The molecule has 0 saturated heterocycles. The van der Waals surface area contributed by atoms with Crippen molar-refractivity contribution >= 4 is 28.3 Å². The minimum absolute atomic E-state index is 0.0159. The third-order valence-corrected chi connectivity index (χ3v) is 6.40. The van der Waals surface area contributed by atoms with Gasteiger partial charge in [0.15, 0.2) is 0 Å². The molecule has 3 atom stereocenters. The van der Waals surface area contributed by atoms with Crippen molar-refractivity contribution in [2.75, 3.05) is 5.32 Å². The molecule has 0 radical (unpaired) electrons. The van der Waals surface area contributed by atoms with Crippen LogP contribution in [-0.4, -0.2) is 28.1 Å². The Balaban J connectivity index is 2.08. The van der Waals surface area contributed by atoms with E-state index in [2.05, 4.69) is 27.8 Å². The second kappa shape index (κ2) is 11.8. The largest absolute Gasteiger partial charge is 0.344 e. The van der Waals surface area contributed by atoms with Gasteiger partial charge in [-0.05, 0) is 25.7 Å². The molecule has 30 heavy (non-hydrogen) atoms. The van der Waals surface area contributed by atoms with E-state index in [0.717, 1.165) is 42.7 Å². The van der Waals surface area contributed by atoms with Gasteiger partial charge in [0.25, 0.3) is 0 Å². The molecule has 2 aromatic rings. The summed E-state index contributed by atoms with van der Waals surface area (Å²) in [6, 6.07) is 7.43. The van der Waals surface area contributed by atoms with Crippen molar-refractivity contribution in [3.63, 3.8) is 0 Å². The Morgan fingerprint density at radius 3 is 2.33 bits per heavy atom. The van der Waals surface area contributed by atoms with E-state index >= 15 is 0 Å². The molecule has 164 valence electrons. The smallest absolute Gasteiger partial charge is 0.249 e. The van der Waals surface area contributed by atoms with Crippen molar-refractivity contribution in [3.8, 4) is 10.6 Å². The molecule has 0 aliphatic rings. The van der Waals surface area contributed by atoms with E-state index in [0.29, 0.717) is 5.13 Å². The minimum Gasteiger partial charge on any atom is -0.344 e. The van der Waals surface area contributed by atoms with Crippen molar-refractivity contribution in [2.45, 2.75) is 72.8 Å². The molecule has 0 aliphatic carbocycles. The van der Waals surface area contributed by atoms with E-state index in [1.165, 1.54) is 16.9 Å². The van der Waals surface area contributed by atoms with Crippen LogP contribution in [0.4, 0.5) is 5.13 Å². The minimum atomic E-state index is -0.593. The van der Waals surface area contributed by atoms with Gasteiger partial charge in [-0.25, -0.2) is 0 Å². The zero-order chi connectivity index (χ0) is 22.1. The maximum Gasteiger partial charge on any atom is 0.249 e. The van der Waals surface area contributed by atoms with Crippen molar-refractivity contribution in [1.82, 2.24) is 15.5 Å². The van der Waals surface area contributed by atoms with E-state index in [9.17, 15) is 9.59 Å². The predicted octanol–water partition coefficient (Wildman–Crippen LogP) is 5.20. The first kappa shape index (κ1) is 24.0. The molecule has 0 saturated carbocycles. The topological polar surface area (TPSA) is 84.0 Å². The number of unbranched alkanes of at least 4 members (excludes halogenated alkanes) is 1. The number of carbonyl (C=O) groups excluding carboxylic acids is 2. The lowest BCUT2D eigenvalue weighted by Gasteiger charge is -2.25. The molecule has 0 fully saturated rings. The molecule has 1 aromatic carbocycles. The van der Waals surface area contributed by atoms with E-state index in [1.807, 2.05) is 52.0 Å². The Kier molecular flexibility index (Phi) is 9.43. The maximum atomic E-state index is 13.0. The second-order valence-corrected chi connectivity index (χ2v) is 8.86. The fourth-order valence-corrected chi connectivity index (χ4v) is 3.97. The first-order valence-electron chi connectivity index (χ1n) is 10.9. The van der Waals surface area contributed by atoms with Gasteiger partial charge in [0, 0.05) is 11.5 Å². The van der Waals surface area contributed by atoms with Crippen molar-refractivity contribution in [2.24, 2.45) is 11.8 Å². The SMILES string of the molecule is CCCC[C@H](CC)C(=O)N[C@@H](C(=O)Nc1nnc(-c2ccc(C)cc2)s1)[C@@H](C)CC. The van der Waals surface area contributed by atoms with Gasteiger partial charge < -0.3 is 5.32 Å². The maximum absolute atomic E-state index is 13.0. The summed E-state index contributed by atoms with van der Waals surface area (Å²) in [4.78, 5) is 25.7. The Labute approximate surface area is 183 Å². The quantitative estimate of drug-likeness (QED) is 0.513. The molecule has 7 heteroatoms. The molecular formula is C23H34N4O2S. The van der Waals surface area contributed by atoms with Crippen LogP contribution in [0.25, 0.3) is 10.6 Å². The van der Waals surface area contributed by atoms with Crippen molar-refractivity contribution < 1.29 is 9.59 Å². The number of anilines is 1. The number of carbonyl (C=O) groups is 2. The summed E-state index contributed by atoms with van der Waals surface area (Å²) >= 11 is 1.33. The summed E-state index contributed by atoms with van der Waals surface area (Å²) in [5.41, 5.74) is 2.14. The highest BCUT2D eigenvalue weighted by atomic mass is 32.1. The van der Waals surface area contributed by atoms with Gasteiger partial charge in [0.2, 0.25) is 16.9 Å². The Hall–Kier alpha value is -2.28. The highest BCUT2D eigenvalue weighted by molar-refractivity contribution is 7.18. The number of aromatic nitrogens is 2. The fourth-order valence-electron chi connectivity index (χ4n) is 3.21. The van der Waals surface area contributed by atoms with Crippen LogP contribution in [0.5, 0.6) is 0 Å². The third-order valence-electron chi connectivity index (χ3n) is 5.52. The first-order chi connectivity index (χ1) is 14.4. The van der Waals surface area contributed by atoms with Crippen LogP contribution >= 0.6 is 11.3 Å². The van der Waals surface area contributed by atoms with Crippen LogP contribution in [0.15, 0.2) is 24.3 Å². The monoisotopic (exact) mass is 430 g/mol. The molecule has 0 unspecified atom stereocenters. The lowest BCUT2D eigenvalue weighted by molar-refractivity contribution is -0.130. The lowest BCUT2D eigenvalue weighted by Crippen LogP contribution is -2.49. The Morgan fingerprint density at radius 2 is 1.73 bits per heavy atom. The van der Waals surface area contributed by atoms with Gasteiger partial charge in [0.05, 0.1) is 0 Å². The number of benzene rings is 1. The predicted molar refractivity (Wildman–Crippen MR) is 123 cm³/mol. The molecule has 2 N–H and O–H groups in total. The van der Waals surface area contributed by atoms with Gasteiger partial charge in [-0.3, -0.25) is 14.9 Å². The van der Waals surface area contributed by atoms with Gasteiger partial charge in [-0.1, -0.05) is 88.1 Å². The molecular weight excluding hydrogens is 396 g/mol. The zero-order valence-corrected chi connectivity index (χ0v) is 19.5. The van der Waals surface area contributed by atoms with Crippen molar-refractivity contribution in [3.05, 3.63) is 29.8 Å². The number of aryl methyl sites for hydroxylation is 1. The fraction of sp³-hybridized carbons (Fsp3) is 0.565. The Bertz CT molecular complexity index is 819. The van der Waals surface area contributed by atoms with Gasteiger partial charge in [-0.2, -0.15) is 0 Å². The summed E-state index contributed by atoms with van der Waals surface area (Å²) in [7, 11) is 0. The molecule has 1 aromatic heterocycles. The average Bonchev–Trinajstić information content (AvgIpc) is 3.20. The number of nitrogens with zero attached hydrogens (tertiary/aromatic N) is 2. The zero-order valence-electron chi connectivity index (χ0n) is 18.7. The molecule has 0 spiro atoms. The first-order valence-corrected chi connectivity index (χ1v) is 11.7. The molecule has 2 rings (SSSR count). The van der Waals surface area contributed by atoms with Crippen LogP contribution in [0.3, 0.4) is 0 Å². The normalized spacial score (nSPS) is 14.0. The highest BCUT2D eigenvalue weighted by Crippen LogP contribution is 2.27. The van der Waals surface area contributed by atoms with E-state index < -0.39 is 6.04 Å². The van der Waals surface area contributed by atoms with E-state index in [-0.39, 0.29) is 23.7 Å². The second-order valence-electron chi connectivity index (χ2n) is 7.89. The van der Waals surface area contributed by atoms with Crippen LogP contribution in [0, 0.1) is 18.8 Å². The van der Waals surface area contributed by atoms with Gasteiger partial charge in [0.1, 0.15) is 11.0 Å². The summed E-state index contributed by atoms with van der Waals surface area (Å²) < 4.78 is 0. The summed E-state index contributed by atoms with van der Waals surface area (Å²) in [6.45, 7) is 10.2. The molecule has 0 aliphatic heterocycles. The number of amides is 2. The van der Waals surface area contributed by atoms with Crippen LogP contribution < -0.4 is 10.6 Å². The number of nitrogens with one attached hydrogen (secondary N) is 2. The summed E-state index contributed by atoms with van der Waals surface area (Å²) in [5.74, 6) is -0.320.